The lowest BCUT2D eigenvalue weighted by atomic mass is 10.0. The van der Waals surface area contributed by atoms with Crippen molar-refractivity contribution in [3.63, 3.8) is 0 Å². The van der Waals surface area contributed by atoms with Crippen LogP contribution in [0.2, 0.25) is 0 Å². The zero-order valence-electron chi connectivity index (χ0n) is 13.4. The summed E-state index contributed by atoms with van der Waals surface area (Å²) in [5.41, 5.74) is 3.56. The smallest absolute Gasteiger partial charge is 0.337 e. The molecule has 0 radical (unpaired) electrons. The first kappa shape index (κ1) is 15.4. The summed E-state index contributed by atoms with van der Waals surface area (Å²) in [6.07, 6.45) is 0.972. The van der Waals surface area contributed by atoms with Gasteiger partial charge in [0.1, 0.15) is 0 Å². The van der Waals surface area contributed by atoms with Crippen LogP contribution in [0.15, 0.2) is 35.5 Å². The third-order valence-corrected chi connectivity index (χ3v) is 4.20. The molecule has 0 aliphatic carbocycles. The lowest BCUT2D eigenvalue weighted by molar-refractivity contribution is -0.138. The molecular formula is C17H21N3O3. The minimum absolute atomic E-state index is 0.284. The van der Waals surface area contributed by atoms with E-state index in [9.17, 15) is 9.59 Å². The van der Waals surface area contributed by atoms with Gasteiger partial charge in [-0.05, 0) is 31.9 Å². The number of nitrogens with zero attached hydrogens (tertiary/aromatic N) is 1. The molecular weight excluding hydrogens is 294 g/mol. The minimum Gasteiger partial charge on any atom is -0.463 e. The molecule has 122 valence electrons. The van der Waals surface area contributed by atoms with Crippen molar-refractivity contribution in [1.29, 1.82) is 0 Å². The maximum Gasteiger partial charge on any atom is 0.337 e. The summed E-state index contributed by atoms with van der Waals surface area (Å²) in [5, 5.41) is 5.50. The number of rotatable bonds is 4. The summed E-state index contributed by atoms with van der Waals surface area (Å²) in [4.78, 5) is 26.2. The molecule has 0 aromatic heterocycles. The highest BCUT2D eigenvalue weighted by molar-refractivity contribution is 5.95. The Morgan fingerprint density at radius 2 is 2.17 bits per heavy atom. The minimum atomic E-state index is -0.380. The largest absolute Gasteiger partial charge is 0.463 e. The summed E-state index contributed by atoms with van der Waals surface area (Å²) in [6.45, 7) is 5.24. The summed E-state index contributed by atoms with van der Waals surface area (Å²) in [7, 11) is 0. The summed E-state index contributed by atoms with van der Waals surface area (Å²) in [6, 6.07) is 7.56. The van der Waals surface area contributed by atoms with E-state index < -0.39 is 0 Å². The predicted molar refractivity (Wildman–Crippen MR) is 87.1 cm³/mol. The molecule has 1 aromatic rings. The molecule has 6 heteroatoms. The molecule has 0 bridgehead atoms. The van der Waals surface area contributed by atoms with Crippen molar-refractivity contribution in [3.8, 4) is 0 Å². The fourth-order valence-corrected chi connectivity index (χ4v) is 3.17. The van der Waals surface area contributed by atoms with Crippen LogP contribution < -0.4 is 15.5 Å². The second-order valence-corrected chi connectivity index (χ2v) is 5.73. The Balaban J connectivity index is 1.90. The SMILES string of the molecule is CCOC(=O)C1=C(CN2CCc3ccccc32)NC(=O)NC1C. The first-order chi connectivity index (χ1) is 11.1. The van der Waals surface area contributed by atoms with Gasteiger partial charge in [0.15, 0.2) is 0 Å². The van der Waals surface area contributed by atoms with Crippen molar-refractivity contribution in [2.75, 3.05) is 24.6 Å². The summed E-state index contributed by atoms with van der Waals surface area (Å²) in [5.74, 6) is -0.380. The quantitative estimate of drug-likeness (QED) is 0.828. The highest BCUT2D eigenvalue weighted by Gasteiger charge is 2.31. The van der Waals surface area contributed by atoms with Crippen molar-refractivity contribution < 1.29 is 14.3 Å². The topological polar surface area (TPSA) is 70.7 Å². The molecule has 1 aromatic carbocycles. The number of urea groups is 1. The molecule has 2 aliphatic rings. The van der Waals surface area contributed by atoms with E-state index in [-0.39, 0.29) is 18.0 Å². The number of hydrogen-bond acceptors (Lipinski definition) is 4. The van der Waals surface area contributed by atoms with Gasteiger partial charge in [-0.25, -0.2) is 9.59 Å². The third kappa shape index (κ3) is 3.02. The van der Waals surface area contributed by atoms with Crippen LogP contribution >= 0.6 is 0 Å². The van der Waals surface area contributed by atoms with Gasteiger partial charge >= 0.3 is 12.0 Å². The van der Waals surface area contributed by atoms with Gasteiger partial charge in [-0.15, -0.1) is 0 Å². The molecule has 2 amide bonds. The molecule has 2 heterocycles. The van der Waals surface area contributed by atoms with Gasteiger partial charge in [0.2, 0.25) is 0 Å². The number of amides is 2. The molecule has 0 saturated carbocycles. The number of ether oxygens (including phenoxy) is 1. The number of nitrogens with one attached hydrogen (secondary N) is 2. The van der Waals surface area contributed by atoms with Gasteiger partial charge in [0.25, 0.3) is 0 Å². The van der Waals surface area contributed by atoms with Crippen molar-refractivity contribution in [2.24, 2.45) is 0 Å². The van der Waals surface area contributed by atoms with Crippen molar-refractivity contribution in [2.45, 2.75) is 26.3 Å². The molecule has 3 rings (SSSR count). The Hall–Kier alpha value is -2.50. The number of esters is 1. The molecule has 23 heavy (non-hydrogen) atoms. The highest BCUT2D eigenvalue weighted by atomic mass is 16.5. The van der Waals surface area contributed by atoms with E-state index in [4.69, 9.17) is 4.74 Å². The molecule has 2 N–H and O–H groups in total. The van der Waals surface area contributed by atoms with Crippen LogP contribution in [-0.2, 0) is 16.0 Å². The van der Waals surface area contributed by atoms with E-state index in [0.717, 1.165) is 18.7 Å². The second-order valence-electron chi connectivity index (χ2n) is 5.73. The van der Waals surface area contributed by atoms with E-state index in [1.165, 1.54) is 5.56 Å². The Bertz CT molecular complexity index is 669. The number of para-hydroxylation sites is 1. The Morgan fingerprint density at radius 1 is 1.39 bits per heavy atom. The lowest BCUT2D eigenvalue weighted by Crippen LogP contribution is -2.51. The van der Waals surface area contributed by atoms with E-state index >= 15 is 0 Å². The average molecular weight is 315 g/mol. The Labute approximate surface area is 135 Å². The maximum absolute atomic E-state index is 12.3. The van der Waals surface area contributed by atoms with E-state index in [1.54, 1.807) is 13.8 Å². The maximum atomic E-state index is 12.3. The average Bonchev–Trinajstić information content (AvgIpc) is 2.90. The zero-order valence-corrected chi connectivity index (χ0v) is 13.4. The van der Waals surface area contributed by atoms with Crippen LogP contribution in [-0.4, -0.2) is 37.7 Å². The van der Waals surface area contributed by atoms with Gasteiger partial charge < -0.3 is 20.3 Å². The van der Waals surface area contributed by atoms with Gasteiger partial charge in [-0.3, -0.25) is 0 Å². The standard InChI is InChI=1S/C17H21N3O3/c1-3-23-16(21)15-11(2)18-17(22)19-13(15)10-20-9-8-12-6-4-5-7-14(12)20/h4-7,11H,3,8-10H2,1-2H3,(H2,18,19,22). The van der Waals surface area contributed by atoms with E-state index in [0.29, 0.717) is 24.4 Å². The van der Waals surface area contributed by atoms with Crippen molar-refractivity contribution in [1.82, 2.24) is 10.6 Å². The number of fused-ring (bicyclic) bond motifs is 1. The van der Waals surface area contributed by atoms with Crippen molar-refractivity contribution >= 4 is 17.7 Å². The molecule has 1 unspecified atom stereocenters. The lowest BCUT2D eigenvalue weighted by Gasteiger charge is -2.29. The van der Waals surface area contributed by atoms with Crippen LogP contribution in [0.4, 0.5) is 10.5 Å². The monoisotopic (exact) mass is 315 g/mol. The molecule has 1 atom stereocenters. The van der Waals surface area contributed by atoms with E-state index in [2.05, 4.69) is 27.7 Å². The first-order valence-corrected chi connectivity index (χ1v) is 7.90. The first-order valence-electron chi connectivity index (χ1n) is 7.90. The van der Waals surface area contributed by atoms with Crippen LogP contribution in [0.25, 0.3) is 0 Å². The van der Waals surface area contributed by atoms with Gasteiger partial charge in [0.05, 0.1) is 30.5 Å². The number of benzene rings is 1. The number of anilines is 1. The van der Waals surface area contributed by atoms with Crippen LogP contribution in [0.5, 0.6) is 0 Å². The Kier molecular flexibility index (Phi) is 4.23. The predicted octanol–water partition coefficient (Wildman–Crippen LogP) is 1.57. The normalized spacial score (nSPS) is 20.0. The van der Waals surface area contributed by atoms with Gasteiger partial charge in [-0.2, -0.15) is 0 Å². The zero-order chi connectivity index (χ0) is 16.4. The van der Waals surface area contributed by atoms with Gasteiger partial charge in [0, 0.05) is 12.2 Å². The fourth-order valence-electron chi connectivity index (χ4n) is 3.17. The molecule has 0 fully saturated rings. The summed E-state index contributed by atoms with van der Waals surface area (Å²) < 4.78 is 5.14. The molecule has 6 nitrogen and oxygen atoms in total. The molecule has 2 aliphatic heterocycles. The van der Waals surface area contributed by atoms with E-state index in [1.807, 2.05) is 12.1 Å². The number of hydrogen-bond donors (Lipinski definition) is 2. The van der Waals surface area contributed by atoms with Crippen LogP contribution in [0.1, 0.15) is 19.4 Å². The third-order valence-electron chi connectivity index (χ3n) is 4.20. The molecule has 0 spiro atoms. The van der Waals surface area contributed by atoms with Crippen LogP contribution in [0, 0.1) is 0 Å². The molecule has 0 saturated heterocycles. The Morgan fingerprint density at radius 3 is 2.96 bits per heavy atom. The number of carbonyl (C=O) groups is 2. The highest BCUT2D eigenvalue weighted by Crippen LogP contribution is 2.28. The fraction of sp³-hybridized carbons (Fsp3) is 0.412. The van der Waals surface area contributed by atoms with Crippen molar-refractivity contribution in [3.05, 3.63) is 41.1 Å². The summed E-state index contributed by atoms with van der Waals surface area (Å²) >= 11 is 0. The van der Waals surface area contributed by atoms with Crippen LogP contribution in [0.3, 0.4) is 0 Å². The van der Waals surface area contributed by atoms with Gasteiger partial charge in [-0.1, -0.05) is 18.2 Å². The number of carbonyl (C=O) groups excluding carboxylic acids is 2. The second kappa shape index (κ2) is 6.32.